The van der Waals surface area contributed by atoms with Gasteiger partial charge in [-0.05, 0) is 61.1 Å². The van der Waals surface area contributed by atoms with Gasteiger partial charge in [0, 0.05) is 37.6 Å². The van der Waals surface area contributed by atoms with Crippen molar-refractivity contribution in [1.82, 2.24) is 9.97 Å². The molecule has 176 valence electrons. The highest BCUT2D eigenvalue weighted by Gasteiger charge is 2.21. The lowest BCUT2D eigenvalue weighted by Crippen LogP contribution is -2.35. The first kappa shape index (κ1) is 23.8. The third kappa shape index (κ3) is 7.05. The molecule has 2 N–H and O–H groups in total. The van der Waals surface area contributed by atoms with Gasteiger partial charge in [0.1, 0.15) is 5.82 Å². The third-order valence-corrected chi connectivity index (χ3v) is 6.61. The fourth-order valence-electron chi connectivity index (χ4n) is 4.06. The van der Waals surface area contributed by atoms with E-state index in [-0.39, 0.29) is 17.6 Å². The van der Waals surface area contributed by atoms with Crippen molar-refractivity contribution in [3.05, 3.63) is 72.4 Å². The van der Waals surface area contributed by atoms with Crippen LogP contribution in [-0.2, 0) is 16.0 Å². The van der Waals surface area contributed by atoms with Gasteiger partial charge in [-0.15, -0.1) is 0 Å². The lowest BCUT2D eigenvalue weighted by Gasteiger charge is -2.33. The number of nitrogens with one attached hydrogen (secondary N) is 2. The van der Waals surface area contributed by atoms with Crippen molar-refractivity contribution < 1.29 is 9.59 Å². The first-order chi connectivity index (χ1) is 16.5. The summed E-state index contributed by atoms with van der Waals surface area (Å²) in [6, 6.07) is 19.6. The Kier molecular flexibility index (Phi) is 8.14. The summed E-state index contributed by atoms with van der Waals surface area (Å²) in [5, 5.41) is 6.16. The first-order valence-corrected chi connectivity index (χ1v) is 12.5. The highest BCUT2D eigenvalue weighted by atomic mass is 32.2. The molecule has 2 amide bonds. The average molecular weight is 476 g/mol. The minimum atomic E-state index is -0.132. The molecule has 0 bridgehead atoms. The van der Waals surface area contributed by atoms with Crippen LogP contribution < -0.4 is 15.5 Å². The van der Waals surface area contributed by atoms with E-state index in [0.717, 1.165) is 38.2 Å². The van der Waals surface area contributed by atoms with Gasteiger partial charge in [-0.1, -0.05) is 42.1 Å². The molecule has 1 aliphatic heterocycles. The molecule has 1 saturated heterocycles. The maximum atomic E-state index is 12.4. The molecule has 0 saturated carbocycles. The van der Waals surface area contributed by atoms with E-state index in [4.69, 9.17) is 0 Å². The zero-order valence-electron chi connectivity index (χ0n) is 19.2. The van der Waals surface area contributed by atoms with Gasteiger partial charge in [-0.25, -0.2) is 9.97 Å². The van der Waals surface area contributed by atoms with Crippen molar-refractivity contribution in [2.24, 2.45) is 5.92 Å². The largest absolute Gasteiger partial charge is 0.356 e. The Bertz CT molecular complexity index is 1100. The minimum Gasteiger partial charge on any atom is -0.356 e. The number of nitrogens with zero attached hydrogens (tertiary/aromatic N) is 3. The Labute approximate surface area is 204 Å². The number of benzene rings is 2. The number of thioether (sulfide) groups is 1. The molecule has 0 radical (unpaired) electrons. The Morgan fingerprint density at radius 3 is 2.32 bits per heavy atom. The number of hydrogen-bond donors (Lipinski definition) is 2. The molecule has 8 heteroatoms. The predicted molar refractivity (Wildman–Crippen MR) is 137 cm³/mol. The SMILES string of the molecule is CC(=O)Nc1ccc(NC(=O)CSc2nccc(N3CCC(Cc4ccccc4)CC3)n2)cc1. The molecule has 2 heterocycles. The number of aromatic nitrogens is 2. The lowest BCUT2D eigenvalue weighted by atomic mass is 9.90. The smallest absolute Gasteiger partial charge is 0.234 e. The molecule has 1 aromatic heterocycles. The monoisotopic (exact) mass is 475 g/mol. The van der Waals surface area contributed by atoms with Crippen molar-refractivity contribution in [3.8, 4) is 0 Å². The molecule has 34 heavy (non-hydrogen) atoms. The summed E-state index contributed by atoms with van der Waals surface area (Å²) in [4.78, 5) is 34.8. The maximum absolute atomic E-state index is 12.4. The summed E-state index contributed by atoms with van der Waals surface area (Å²) >= 11 is 1.32. The van der Waals surface area contributed by atoms with Crippen LogP contribution in [0, 0.1) is 5.92 Å². The van der Waals surface area contributed by atoms with Crippen LogP contribution in [0.5, 0.6) is 0 Å². The van der Waals surface area contributed by atoms with Crippen molar-refractivity contribution in [3.63, 3.8) is 0 Å². The van der Waals surface area contributed by atoms with Crippen molar-refractivity contribution in [1.29, 1.82) is 0 Å². The molecule has 1 aliphatic rings. The minimum absolute atomic E-state index is 0.131. The third-order valence-electron chi connectivity index (χ3n) is 5.75. The van der Waals surface area contributed by atoms with E-state index in [2.05, 4.69) is 55.8 Å². The molecule has 1 fully saturated rings. The van der Waals surface area contributed by atoms with Gasteiger partial charge in [-0.3, -0.25) is 9.59 Å². The van der Waals surface area contributed by atoms with Crippen LogP contribution in [0.15, 0.2) is 72.0 Å². The second-order valence-electron chi connectivity index (χ2n) is 8.41. The summed E-state index contributed by atoms with van der Waals surface area (Å²) in [7, 11) is 0. The van der Waals surface area contributed by atoms with Gasteiger partial charge >= 0.3 is 0 Å². The van der Waals surface area contributed by atoms with E-state index >= 15 is 0 Å². The molecule has 0 spiro atoms. The second-order valence-corrected chi connectivity index (χ2v) is 9.36. The van der Waals surface area contributed by atoms with Crippen LogP contribution in [-0.4, -0.2) is 40.6 Å². The average Bonchev–Trinajstić information content (AvgIpc) is 2.85. The summed E-state index contributed by atoms with van der Waals surface area (Å²) in [6.45, 7) is 3.42. The van der Waals surface area contributed by atoms with E-state index in [1.807, 2.05) is 6.07 Å². The summed E-state index contributed by atoms with van der Waals surface area (Å²) in [5.41, 5.74) is 2.77. The van der Waals surface area contributed by atoms with E-state index in [0.29, 0.717) is 22.4 Å². The van der Waals surface area contributed by atoms with E-state index < -0.39 is 0 Å². The van der Waals surface area contributed by atoms with Crippen LogP contribution in [0.4, 0.5) is 17.2 Å². The molecule has 0 unspecified atom stereocenters. The Morgan fingerprint density at radius 2 is 1.65 bits per heavy atom. The highest BCUT2D eigenvalue weighted by molar-refractivity contribution is 7.99. The zero-order valence-corrected chi connectivity index (χ0v) is 20.1. The maximum Gasteiger partial charge on any atom is 0.234 e. The Hall–Kier alpha value is -3.39. The van der Waals surface area contributed by atoms with Gasteiger partial charge in [0.25, 0.3) is 0 Å². The van der Waals surface area contributed by atoms with Gasteiger partial charge in [-0.2, -0.15) is 0 Å². The van der Waals surface area contributed by atoms with E-state index in [9.17, 15) is 9.59 Å². The van der Waals surface area contributed by atoms with Crippen molar-refractivity contribution >= 4 is 40.8 Å². The fourth-order valence-corrected chi connectivity index (χ4v) is 4.68. The van der Waals surface area contributed by atoms with E-state index in [1.165, 1.54) is 24.2 Å². The topological polar surface area (TPSA) is 87.2 Å². The number of anilines is 3. The van der Waals surface area contributed by atoms with Crippen LogP contribution in [0.3, 0.4) is 0 Å². The zero-order chi connectivity index (χ0) is 23.8. The number of hydrogen-bond acceptors (Lipinski definition) is 6. The summed E-state index contributed by atoms with van der Waals surface area (Å²) in [5.74, 6) is 1.57. The standard InChI is InChI=1S/C26H29N5O2S/c1-19(32)28-22-7-9-23(10-8-22)29-25(33)18-34-26-27-14-11-24(30-26)31-15-12-21(13-16-31)17-20-5-3-2-4-6-20/h2-11,14,21H,12-13,15-18H2,1H3,(H,28,32)(H,29,33). The number of piperidine rings is 1. The molecule has 0 atom stereocenters. The second kappa shape index (κ2) is 11.7. The molecule has 3 aromatic rings. The van der Waals surface area contributed by atoms with E-state index in [1.54, 1.807) is 30.5 Å². The van der Waals surface area contributed by atoms with Crippen LogP contribution in [0.25, 0.3) is 0 Å². The highest BCUT2D eigenvalue weighted by Crippen LogP contribution is 2.26. The Balaban J connectivity index is 1.24. The summed E-state index contributed by atoms with van der Waals surface area (Å²) in [6.07, 6.45) is 5.18. The summed E-state index contributed by atoms with van der Waals surface area (Å²) < 4.78 is 0. The number of carbonyl (C=O) groups excluding carboxylic acids is 2. The first-order valence-electron chi connectivity index (χ1n) is 11.5. The molecule has 0 aliphatic carbocycles. The molecular weight excluding hydrogens is 446 g/mol. The molecule has 2 aromatic carbocycles. The Morgan fingerprint density at radius 1 is 0.971 bits per heavy atom. The van der Waals surface area contributed by atoms with Gasteiger partial charge in [0.15, 0.2) is 5.16 Å². The normalized spacial score (nSPS) is 14.0. The van der Waals surface area contributed by atoms with Crippen molar-refractivity contribution in [2.75, 3.05) is 34.4 Å². The van der Waals surface area contributed by atoms with Gasteiger partial charge < -0.3 is 15.5 Å². The van der Waals surface area contributed by atoms with Crippen LogP contribution in [0.1, 0.15) is 25.3 Å². The number of amides is 2. The molecule has 7 nitrogen and oxygen atoms in total. The fraction of sp³-hybridized carbons (Fsp3) is 0.308. The molecule has 4 rings (SSSR count). The predicted octanol–water partition coefficient (Wildman–Crippen LogP) is 4.62. The lowest BCUT2D eigenvalue weighted by molar-refractivity contribution is -0.114. The van der Waals surface area contributed by atoms with Gasteiger partial charge in [0.2, 0.25) is 11.8 Å². The quantitative estimate of drug-likeness (QED) is 0.365. The number of rotatable bonds is 8. The van der Waals surface area contributed by atoms with Gasteiger partial charge in [0.05, 0.1) is 5.75 Å². The van der Waals surface area contributed by atoms with Crippen LogP contribution >= 0.6 is 11.8 Å². The number of carbonyl (C=O) groups is 2. The van der Waals surface area contributed by atoms with Crippen LogP contribution in [0.2, 0.25) is 0 Å². The molecular formula is C26H29N5O2S. The van der Waals surface area contributed by atoms with Crippen molar-refractivity contribution in [2.45, 2.75) is 31.3 Å².